The van der Waals surface area contributed by atoms with Gasteiger partial charge in [-0.1, -0.05) is 0 Å². The first kappa shape index (κ1) is 25.4. The summed E-state index contributed by atoms with van der Waals surface area (Å²) < 4.78 is 37.7. The molecule has 2 aromatic rings. The average Bonchev–Trinajstić information content (AvgIpc) is 2.84. The number of hydrogen-bond donors (Lipinski definition) is 1. The van der Waals surface area contributed by atoms with E-state index >= 15 is 0 Å². The second-order valence-electron chi connectivity index (χ2n) is 7.65. The lowest BCUT2D eigenvalue weighted by Crippen LogP contribution is -2.53. The van der Waals surface area contributed by atoms with Crippen molar-refractivity contribution in [1.29, 1.82) is 0 Å². The maximum atomic E-state index is 13.0. The van der Waals surface area contributed by atoms with Crippen molar-refractivity contribution >= 4 is 27.3 Å². The Kier molecular flexibility index (Phi) is 8.07. The molecule has 0 spiro atoms. The maximum absolute atomic E-state index is 13.0. The molecule has 1 atom stereocenters. The molecule has 34 heavy (non-hydrogen) atoms. The van der Waals surface area contributed by atoms with Gasteiger partial charge in [-0.2, -0.15) is 4.31 Å². The summed E-state index contributed by atoms with van der Waals surface area (Å²) in [6.07, 6.45) is 0. The Morgan fingerprint density at radius 3 is 2.35 bits per heavy atom. The number of carbonyl (C=O) groups excluding carboxylic acids is 1. The highest BCUT2D eigenvalue weighted by molar-refractivity contribution is 7.89. The summed E-state index contributed by atoms with van der Waals surface area (Å²) >= 11 is 0. The van der Waals surface area contributed by atoms with E-state index in [1.165, 1.54) is 23.5 Å². The summed E-state index contributed by atoms with van der Waals surface area (Å²) in [4.78, 5) is 25.0. The molecule has 1 N–H and O–H groups in total. The van der Waals surface area contributed by atoms with E-state index in [1.807, 2.05) is 11.8 Å². The lowest BCUT2D eigenvalue weighted by molar-refractivity contribution is -0.386. The van der Waals surface area contributed by atoms with Crippen LogP contribution in [0, 0.1) is 10.1 Å². The van der Waals surface area contributed by atoms with Gasteiger partial charge in [0.15, 0.2) is 5.75 Å². The first-order valence-electron chi connectivity index (χ1n) is 10.8. The maximum Gasteiger partial charge on any atom is 0.312 e. The fourth-order valence-electron chi connectivity index (χ4n) is 3.67. The number of carbonyl (C=O) groups is 1. The number of sulfonamides is 1. The number of ether oxygens (including phenoxy) is 2. The molecule has 1 aliphatic rings. The van der Waals surface area contributed by atoms with Crippen molar-refractivity contribution in [3.63, 3.8) is 0 Å². The Balaban J connectivity index is 1.62. The number of amides is 1. The molecule has 12 heteroatoms. The van der Waals surface area contributed by atoms with Crippen LogP contribution in [0.15, 0.2) is 47.4 Å². The van der Waals surface area contributed by atoms with Crippen molar-refractivity contribution in [3.05, 3.63) is 52.6 Å². The van der Waals surface area contributed by atoms with Gasteiger partial charge in [-0.3, -0.25) is 19.8 Å². The number of hydrogen-bond acceptors (Lipinski definition) is 8. The van der Waals surface area contributed by atoms with Crippen LogP contribution in [0.25, 0.3) is 0 Å². The molecule has 3 rings (SSSR count). The molecule has 0 radical (unpaired) electrons. The molecule has 11 nitrogen and oxygen atoms in total. The van der Waals surface area contributed by atoms with Crippen molar-refractivity contribution in [2.24, 2.45) is 0 Å². The van der Waals surface area contributed by atoms with Gasteiger partial charge < -0.3 is 14.8 Å². The molecule has 2 aromatic carbocycles. The lowest BCUT2D eigenvalue weighted by atomic mass is 10.2. The molecule has 1 heterocycles. The monoisotopic (exact) mass is 492 g/mol. The predicted molar refractivity (Wildman–Crippen MR) is 126 cm³/mol. The molecular formula is C22H28N4O7S. The molecular weight excluding hydrogens is 464 g/mol. The van der Waals surface area contributed by atoms with Crippen molar-refractivity contribution in [3.8, 4) is 11.5 Å². The number of rotatable bonds is 9. The van der Waals surface area contributed by atoms with Crippen LogP contribution in [0.2, 0.25) is 0 Å². The fourth-order valence-corrected chi connectivity index (χ4v) is 5.11. The fraction of sp³-hybridized carbons (Fsp3) is 0.409. The van der Waals surface area contributed by atoms with Crippen LogP contribution < -0.4 is 14.8 Å². The predicted octanol–water partition coefficient (Wildman–Crippen LogP) is 2.34. The van der Waals surface area contributed by atoms with Crippen molar-refractivity contribution in [1.82, 2.24) is 9.21 Å². The van der Waals surface area contributed by atoms with E-state index in [2.05, 4.69) is 5.32 Å². The number of nitro groups is 1. The number of nitrogens with zero attached hydrogens (tertiary/aromatic N) is 3. The third kappa shape index (κ3) is 5.64. The normalized spacial score (nSPS) is 16.0. The number of piperazine rings is 1. The van der Waals surface area contributed by atoms with E-state index in [0.29, 0.717) is 31.1 Å². The van der Waals surface area contributed by atoms with E-state index in [4.69, 9.17) is 9.47 Å². The zero-order chi connectivity index (χ0) is 24.9. The molecule has 0 aliphatic carbocycles. The molecule has 0 bridgehead atoms. The highest BCUT2D eigenvalue weighted by Crippen LogP contribution is 2.31. The summed E-state index contributed by atoms with van der Waals surface area (Å²) in [5.41, 5.74) is 0.226. The molecule has 1 unspecified atom stereocenters. The van der Waals surface area contributed by atoms with Crippen LogP contribution in [-0.2, 0) is 14.8 Å². The number of nitro benzene ring substituents is 1. The van der Waals surface area contributed by atoms with Gasteiger partial charge in [0.05, 0.1) is 29.6 Å². The van der Waals surface area contributed by atoms with Gasteiger partial charge in [-0.15, -0.1) is 0 Å². The van der Waals surface area contributed by atoms with Crippen LogP contribution in [0.1, 0.15) is 13.8 Å². The summed E-state index contributed by atoms with van der Waals surface area (Å²) in [5.74, 6) is 0.500. The minimum atomic E-state index is -3.94. The average molecular weight is 493 g/mol. The van der Waals surface area contributed by atoms with Gasteiger partial charge in [0.25, 0.3) is 0 Å². The number of benzene rings is 2. The molecule has 184 valence electrons. The number of methoxy groups -OCH3 is 1. The van der Waals surface area contributed by atoms with E-state index in [9.17, 15) is 23.3 Å². The second-order valence-corrected chi connectivity index (χ2v) is 9.59. The van der Waals surface area contributed by atoms with Crippen molar-refractivity contribution < 1.29 is 27.6 Å². The minimum absolute atomic E-state index is 0.0128. The zero-order valence-electron chi connectivity index (χ0n) is 19.3. The zero-order valence-corrected chi connectivity index (χ0v) is 20.1. The number of nitrogens with one attached hydrogen (secondary N) is 1. The van der Waals surface area contributed by atoms with Gasteiger partial charge in [-0.05, 0) is 50.2 Å². The quantitative estimate of drug-likeness (QED) is 0.417. The van der Waals surface area contributed by atoms with Gasteiger partial charge in [0.1, 0.15) is 5.75 Å². The lowest BCUT2D eigenvalue weighted by Gasteiger charge is -2.36. The summed E-state index contributed by atoms with van der Waals surface area (Å²) in [7, 11) is -2.65. The van der Waals surface area contributed by atoms with Crippen molar-refractivity contribution in [2.75, 3.05) is 45.2 Å². The first-order valence-corrected chi connectivity index (χ1v) is 12.2. The van der Waals surface area contributed by atoms with Gasteiger partial charge in [0, 0.05) is 37.9 Å². The van der Waals surface area contributed by atoms with Crippen LogP contribution in [0.3, 0.4) is 0 Å². The summed E-state index contributed by atoms with van der Waals surface area (Å²) in [6.45, 7) is 5.21. The van der Waals surface area contributed by atoms with E-state index in [-0.39, 0.29) is 29.6 Å². The standard InChI is InChI=1S/C22H28N4O7S/c1-4-33-18-7-5-17(6-8-18)23-22(27)16(2)24-11-13-25(14-12-24)34(30,31)19-9-10-21(32-3)20(15-19)26(28)29/h5-10,15-16H,4,11-14H2,1-3H3,(H,23,27). The SMILES string of the molecule is CCOc1ccc(NC(=O)C(C)N2CCN(S(=O)(=O)c3ccc(OC)c([N+](=O)[O-])c3)CC2)cc1. The summed E-state index contributed by atoms with van der Waals surface area (Å²) in [6, 6.07) is 10.2. The Morgan fingerprint density at radius 1 is 1.15 bits per heavy atom. The minimum Gasteiger partial charge on any atom is -0.494 e. The van der Waals surface area contributed by atoms with E-state index < -0.39 is 26.7 Å². The Hall–Kier alpha value is -3.22. The van der Waals surface area contributed by atoms with Gasteiger partial charge in [-0.25, -0.2) is 8.42 Å². The molecule has 1 fully saturated rings. The van der Waals surface area contributed by atoms with E-state index in [0.717, 1.165) is 6.07 Å². The van der Waals surface area contributed by atoms with Crippen LogP contribution in [-0.4, -0.2) is 74.4 Å². The molecule has 1 saturated heterocycles. The molecule has 1 amide bonds. The third-order valence-corrected chi connectivity index (χ3v) is 7.51. The van der Waals surface area contributed by atoms with Crippen LogP contribution in [0.4, 0.5) is 11.4 Å². The summed E-state index contributed by atoms with van der Waals surface area (Å²) in [5, 5.41) is 14.1. The van der Waals surface area contributed by atoms with Crippen LogP contribution >= 0.6 is 0 Å². The highest BCUT2D eigenvalue weighted by Gasteiger charge is 2.33. The first-order chi connectivity index (χ1) is 16.2. The molecule has 0 aromatic heterocycles. The van der Waals surface area contributed by atoms with Crippen molar-refractivity contribution in [2.45, 2.75) is 24.8 Å². The Bertz CT molecular complexity index is 1130. The third-order valence-electron chi connectivity index (χ3n) is 5.62. The van der Waals surface area contributed by atoms with E-state index in [1.54, 1.807) is 31.2 Å². The second kappa shape index (κ2) is 10.8. The Morgan fingerprint density at radius 2 is 1.79 bits per heavy atom. The molecule has 0 saturated carbocycles. The Labute approximate surface area is 198 Å². The van der Waals surface area contributed by atoms with Gasteiger partial charge >= 0.3 is 5.69 Å². The van der Waals surface area contributed by atoms with Gasteiger partial charge in [0.2, 0.25) is 15.9 Å². The topological polar surface area (TPSA) is 131 Å². The number of anilines is 1. The largest absolute Gasteiger partial charge is 0.494 e. The smallest absolute Gasteiger partial charge is 0.312 e. The van der Waals surface area contributed by atoms with Crippen LogP contribution in [0.5, 0.6) is 11.5 Å². The molecule has 1 aliphatic heterocycles. The highest BCUT2D eigenvalue weighted by atomic mass is 32.2.